The molecule has 2 aliphatic rings. The van der Waals surface area contributed by atoms with Gasteiger partial charge in [-0.25, -0.2) is 0 Å². The predicted molar refractivity (Wildman–Crippen MR) is 112 cm³/mol. The van der Waals surface area contributed by atoms with Gasteiger partial charge in [-0.15, -0.1) is 0 Å². The van der Waals surface area contributed by atoms with Gasteiger partial charge >= 0.3 is 5.56 Å². The molecule has 1 aromatic heterocycles. The third-order valence-electron chi connectivity index (χ3n) is 6.69. The fourth-order valence-electron chi connectivity index (χ4n) is 4.86. The summed E-state index contributed by atoms with van der Waals surface area (Å²) >= 11 is 0. The Balaban J connectivity index is 1.78. The molecule has 4 rings (SSSR count). The van der Waals surface area contributed by atoms with Crippen LogP contribution in [-0.2, 0) is 18.4 Å². The molecule has 0 atom stereocenters. The molecule has 6 nitrogen and oxygen atoms in total. The number of likely N-dealkylation sites (N-methyl/N-ethyl adjacent to an activating group) is 1. The van der Waals surface area contributed by atoms with E-state index < -0.39 is 11.3 Å². The zero-order chi connectivity index (χ0) is 20.8. The minimum absolute atomic E-state index is 0.0806. The fraction of sp³-hybridized carbons (Fsp3) is 0.522. The number of aromatic hydroxyl groups is 1. The van der Waals surface area contributed by atoms with Crippen LogP contribution in [-0.4, -0.2) is 39.1 Å². The maximum absolute atomic E-state index is 12.6. The third kappa shape index (κ3) is 3.34. The Morgan fingerprint density at radius 1 is 1.10 bits per heavy atom. The van der Waals surface area contributed by atoms with Crippen molar-refractivity contribution in [3.8, 4) is 5.75 Å². The summed E-state index contributed by atoms with van der Waals surface area (Å²) < 4.78 is 1.77. The van der Waals surface area contributed by atoms with Gasteiger partial charge in [0.1, 0.15) is 5.82 Å². The van der Waals surface area contributed by atoms with Crippen molar-refractivity contribution in [1.29, 1.82) is 0 Å². The second-order valence-corrected chi connectivity index (χ2v) is 8.85. The van der Waals surface area contributed by atoms with Crippen LogP contribution in [0.2, 0.25) is 0 Å². The quantitative estimate of drug-likeness (QED) is 0.863. The summed E-state index contributed by atoms with van der Waals surface area (Å²) in [6.07, 6.45) is 4.96. The van der Waals surface area contributed by atoms with Crippen LogP contribution in [0.4, 0.5) is 0 Å². The second kappa shape index (κ2) is 7.32. The van der Waals surface area contributed by atoms with Gasteiger partial charge in [0.2, 0.25) is 5.75 Å². The lowest BCUT2D eigenvalue weighted by Crippen LogP contribution is -2.42. The van der Waals surface area contributed by atoms with E-state index in [0.717, 1.165) is 25.7 Å². The first-order valence-electron chi connectivity index (χ1n) is 10.5. The smallest absolute Gasteiger partial charge is 0.315 e. The minimum Gasteiger partial charge on any atom is -0.501 e. The summed E-state index contributed by atoms with van der Waals surface area (Å²) in [5.74, 6) is 0.235. The SMILES string of the molecule is CC(C)c1ccc(C2(Cc3nc(=O)c(O)c4n3CCN(C)C4=O)CCCC2)cc1. The van der Waals surface area contributed by atoms with Gasteiger partial charge in [0.15, 0.2) is 5.69 Å². The molecule has 0 radical (unpaired) electrons. The Morgan fingerprint density at radius 2 is 1.76 bits per heavy atom. The number of aromatic nitrogens is 2. The number of rotatable bonds is 4. The number of hydrogen-bond acceptors (Lipinski definition) is 4. The first-order chi connectivity index (χ1) is 13.8. The molecule has 1 aliphatic carbocycles. The van der Waals surface area contributed by atoms with Crippen LogP contribution < -0.4 is 5.56 Å². The molecule has 1 amide bonds. The van der Waals surface area contributed by atoms with E-state index in [1.165, 1.54) is 16.0 Å². The van der Waals surface area contributed by atoms with Crippen LogP contribution >= 0.6 is 0 Å². The number of carbonyl (C=O) groups excluding carboxylic acids is 1. The molecule has 1 N–H and O–H groups in total. The molecule has 0 bridgehead atoms. The van der Waals surface area contributed by atoms with E-state index in [-0.39, 0.29) is 17.0 Å². The molecule has 154 valence electrons. The van der Waals surface area contributed by atoms with Gasteiger partial charge in [0.25, 0.3) is 5.91 Å². The highest BCUT2D eigenvalue weighted by molar-refractivity contribution is 5.95. The standard InChI is InChI=1S/C23H29N3O3/c1-15(2)16-6-8-17(9-7-16)23(10-4-5-11-23)14-18-24-21(28)20(27)19-22(29)25(3)12-13-26(18)19/h6-9,15,27H,4-5,10-14H2,1-3H3. The van der Waals surface area contributed by atoms with E-state index in [4.69, 9.17) is 0 Å². The van der Waals surface area contributed by atoms with Crippen molar-refractivity contribution < 1.29 is 9.90 Å². The molecule has 0 spiro atoms. The summed E-state index contributed by atoms with van der Waals surface area (Å²) in [5, 5.41) is 10.2. The molecule has 1 aliphatic heterocycles. The van der Waals surface area contributed by atoms with Gasteiger partial charge in [-0.05, 0) is 29.9 Å². The van der Waals surface area contributed by atoms with E-state index in [1.807, 2.05) is 0 Å². The molecule has 6 heteroatoms. The largest absolute Gasteiger partial charge is 0.501 e. The summed E-state index contributed by atoms with van der Waals surface area (Å²) in [6.45, 7) is 5.45. The predicted octanol–water partition coefficient (Wildman–Crippen LogP) is 3.21. The number of benzene rings is 1. The highest BCUT2D eigenvalue weighted by Gasteiger charge is 2.38. The van der Waals surface area contributed by atoms with Crippen molar-refractivity contribution >= 4 is 5.91 Å². The second-order valence-electron chi connectivity index (χ2n) is 8.85. The van der Waals surface area contributed by atoms with Gasteiger partial charge in [-0.2, -0.15) is 4.98 Å². The monoisotopic (exact) mass is 395 g/mol. The van der Waals surface area contributed by atoms with E-state index >= 15 is 0 Å². The van der Waals surface area contributed by atoms with Gasteiger partial charge in [0.05, 0.1) is 0 Å². The third-order valence-corrected chi connectivity index (χ3v) is 6.69. The highest BCUT2D eigenvalue weighted by atomic mass is 16.3. The minimum atomic E-state index is -0.710. The molecular formula is C23H29N3O3. The summed E-state index contributed by atoms with van der Waals surface area (Å²) in [4.78, 5) is 30.7. The van der Waals surface area contributed by atoms with E-state index in [0.29, 0.717) is 31.3 Å². The normalized spacial score (nSPS) is 18.3. The Bertz CT molecular complexity index is 986. The summed E-state index contributed by atoms with van der Waals surface area (Å²) in [5.41, 5.74) is 1.87. The van der Waals surface area contributed by atoms with Crippen molar-refractivity contribution in [3.63, 3.8) is 0 Å². The van der Waals surface area contributed by atoms with Crippen molar-refractivity contribution in [2.24, 2.45) is 0 Å². The van der Waals surface area contributed by atoms with Gasteiger partial charge < -0.3 is 14.6 Å². The molecule has 29 heavy (non-hydrogen) atoms. The van der Waals surface area contributed by atoms with Gasteiger partial charge in [-0.1, -0.05) is 51.0 Å². The van der Waals surface area contributed by atoms with Crippen LogP contribution in [0, 0.1) is 0 Å². The Labute approximate surface area is 171 Å². The summed E-state index contributed by atoms with van der Waals surface area (Å²) in [7, 11) is 1.69. The molecule has 0 saturated heterocycles. The maximum Gasteiger partial charge on any atom is 0.315 e. The highest BCUT2D eigenvalue weighted by Crippen LogP contribution is 2.44. The first kappa shape index (κ1) is 19.7. The average Bonchev–Trinajstić information content (AvgIpc) is 3.18. The zero-order valence-electron chi connectivity index (χ0n) is 17.4. The van der Waals surface area contributed by atoms with Gasteiger partial charge in [-0.3, -0.25) is 9.59 Å². The number of nitrogens with zero attached hydrogens (tertiary/aromatic N) is 3. The van der Waals surface area contributed by atoms with Crippen LogP contribution in [0.5, 0.6) is 5.75 Å². The molecular weight excluding hydrogens is 366 g/mol. The lowest BCUT2D eigenvalue weighted by Gasteiger charge is -2.33. The molecule has 1 saturated carbocycles. The lowest BCUT2D eigenvalue weighted by molar-refractivity contribution is 0.0737. The van der Waals surface area contributed by atoms with Crippen LogP contribution in [0.15, 0.2) is 29.1 Å². The number of fused-ring (bicyclic) bond motifs is 1. The van der Waals surface area contributed by atoms with Crippen LogP contribution in [0.1, 0.15) is 72.9 Å². The first-order valence-corrected chi connectivity index (χ1v) is 10.5. The topological polar surface area (TPSA) is 75.4 Å². The van der Waals surface area contributed by atoms with E-state index in [1.54, 1.807) is 11.6 Å². The van der Waals surface area contributed by atoms with Gasteiger partial charge in [0, 0.05) is 32.0 Å². The fourth-order valence-corrected chi connectivity index (χ4v) is 4.86. The Hall–Kier alpha value is -2.63. The average molecular weight is 396 g/mol. The van der Waals surface area contributed by atoms with E-state index in [2.05, 4.69) is 43.1 Å². The van der Waals surface area contributed by atoms with Crippen molar-refractivity contribution in [1.82, 2.24) is 14.5 Å². The lowest BCUT2D eigenvalue weighted by atomic mass is 9.75. The number of hydrogen-bond donors (Lipinski definition) is 1. The molecule has 2 heterocycles. The number of carbonyl (C=O) groups is 1. The van der Waals surface area contributed by atoms with Crippen LogP contribution in [0.3, 0.4) is 0 Å². The van der Waals surface area contributed by atoms with Crippen molar-refractivity contribution in [3.05, 3.63) is 57.3 Å². The molecule has 1 aromatic carbocycles. The molecule has 0 unspecified atom stereocenters. The zero-order valence-corrected chi connectivity index (χ0v) is 17.4. The van der Waals surface area contributed by atoms with E-state index in [9.17, 15) is 14.7 Å². The van der Waals surface area contributed by atoms with Crippen molar-refractivity contribution in [2.45, 2.75) is 63.8 Å². The molecule has 1 fully saturated rings. The Kier molecular flexibility index (Phi) is 4.97. The number of amides is 1. The van der Waals surface area contributed by atoms with Crippen LogP contribution in [0.25, 0.3) is 0 Å². The van der Waals surface area contributed by atoms with Crippen molar-refractivity contribution in [2.75, 3.05) is 13.6 Å². The summed E-state index contributed by atoms with van der Waals surface area (Å²) in [6, 6.07) is 8.83. The Morgan fingerprint density at radius 3 is 2.38 bits per heavy atom. The maximum atomic E-state index is 12.6. The molecule has 2 aromatic rings.